The van der Waals surface area contributed by atoms with E-state index in [4.69, 9.17) is 4.18 Å². The van der Waals surface area contributed by atoms with Crippen LogP contribution in [-0.4, -0.2) is 21.5 Å². The summed E-state index contributed by atoms with van der Waals surface area (Å²) in [5, 5.41) is 0. The lowest BCUT2D eigenvalue weighted by atomic mass is 10.1. The zero-order valence-electron chi connectivity index (χ0n) is 13.7. The van der Waals surface area contributed by atoms with Gasteiger partial charge in [-0.3, -0.25) is 4.79 Å². The summed E-state index contributed by atoms with van der Waals surface area (Å²) in [5.74, 6) is -0.162. The Morgan fingerprint density at radius 3 is 2.08 bits per heavy atom. The molecule has 0 aliphatic rings. The minimum Gasteiger partial charge on any atom is -0.469 e. The molecule has 0 aliphatic carbocycles. The maximum Gasteiger partial charge on any atom is 0.339 e. The lowest BCUT2D eigenvalue weighted by molar-refractivity contribution is -0.139. The van der Waals surface area contributed by atoms with Crippen LogP contribution >= 0.6 is 0 Å². The number of methoxy groups -OCH3 is 1. The molecule has 0 N–H and O–H groups in total. The maximum atomic E-state index is 12.3. The Morgan fingerprint density at radius 1 is 0.958 bits per heavy atom. The largest absolute Gasteiger partial charge is 0.469 e. The third kappa shape index (κ3) is 4.83. The first kappa shape index (κ1) is 18.0. The molecule has 2 aromatic carbocycles. The van der Waals surface area contributed by atoms with Crippen LogP contribution in [0.25, 0.3) is 0 Å². The van der Waals surface area contributed by atoms with Crippen LogP contribution in [0.3, 0.4) is 0 Å². The summed E-state index contributed by atoms with van der Waals surface area (Å²) < 4.78 is 34.3. The van der Waals surface area contributed by atoms with Crippen molar-refractivity contribution in [3.05, 3.63) is 59.7 Å². The number of rotatable bonds is 7. The smallest absolute Gasteiger partial charge is 0.339 e. The van der Waals surface area contributed by atoms with Crippen molar-refractivity contribution in [3.63, 3.8) is 0 Å². The maximum absolute atomic E-state index is 12.3. The minimum atomic E-state index is -3.88. The van der Waals surface area contributed by atoms with Crippen LogP contribution in [0.5, 0.6) is 5.75 Å². The molecule has 0 aromatic heterocycles. The second kappa shape index (κ2) is 7.97. The highest BCUT2D eigenvalue weighted by atomic mass is 32.2. The van der Waals surface area contributed by atoms with Crippen LogP contribution in [0.1, 0.15) is 24.5 Å². The molecule has 0 heterocycles. The molecule has 0 spiro atoms. The van der Waals surface area contributed by atoms with Crippen LogP contribution in [0, 0.1) is 0 Å². The first-order chi connectivity index (χ1) is 11.4. The molecule has 0 aliphatic heterocycles. The average molecular weight is 348 g/mol. The Labute approximate surface area is 142 Å². The number of hydrogen-bond donors (Lipinski definition) is 0. The Bertz CT molecular complexity index is 777. The van der Waals surface area contributed by atoms with Gasteiger partial charge in [0.2, 0.25) is 0 Å². The van der Waals surface area contributed by atoms with Gasteiger partial charge in [0.25, 0.3) is 0 Å². The summed E-state index contributed by atoms with van der Waals surface area (Å²) in [5.41, 5.74) is 1.80. The molecule has 0 saturated carbocycles. The topological polar surface area (TPSA) is 69.7 Å². The summed E-state index contributed by atoms with van der Waals surface area (Å²) in [6.45, 7) is 2.07. The Kier molecular flexibility index (Phi) is 5.98. The molecule has 0 unspecified atom stereocenters. The molecule has 0 radical (unpaired) electrons. The van der Waals surface area contributed by atoms with Gasteiger partial charge in [0, 0.05) is 0 Å². The highest BCUT2D eigenvalue weighted by Gasteiger charge is 2.16. The summed E-state index contributed by atoms with van der Waals surface area (Å²) in [7, 11) is -2.56. The molecule has 2 rings (SSSR count). The third-order valence-corrected chi connectivity index (χ3v) is 4.72. The van der Waals surface area contributed by atoms with Crippen molar-refractivity contribution >= 4 is 16.1 Å². The molecule has 0 atom stereocenters. The van der Waals surface area contributed by atoms with Gasteiger partial charge in [-0.2, -0.15) is 8.42 Å². The molecule has 24 heavy (non-hydrogen) atoms. The van der Waals surface area contributed by atoms with E-state index in [1.54, 1.807) is 36.4 Å². The Hall–Kier alpha value is -2.34. The fraction of sp³-hybridized carbons (Fsp3) is 0.278. The first-order valence-electron chi connectivity index (χ1n) is 7.64. The normalized spacial score (nSPS) is 11.1. The second-order valence-electron chi connectivity index (χ2n) is 5.33. The van der Waals surface area contributed by atoms with E-state index >= 15 is 0 Å². The van der Waals surface area contributed by atoms with E-state index in [2.05, 4.69) is 11.7 Å². The van der Waals surface area contributed by atoms with Gasteiger partial charge < -0.3 is 8.92 Å². The van der Waals surface area contributed by atoms with Gasteiger partial charge in [0.05, 0.1) is 13.5 Å². The van der Waals surface area contributed by atoms with Crippen LogP contribution in [0.2, 0.25) is 0 Å². The first-order valence-corrected chi connectivity index (χ1v) is 9.04. The number of carbonyl (C=O) groups excluding carboxylic acids is 1. The van der Waals surface area contributed by atoms with E-state index in [1.807, 2.05) is 0 Å². The van der Waals surface area contributed by atoms with Crippen molar-refractivity contribution < 1.29 is 22.1 Å². The van der Waals surface area contributed by atoms with E-state index in [-0.39, 0.29) is 23.0 Å². The van der Waals surface area contributed by atoms with Crippen LogP contribution in [-0.2, 0) is 32.5 Å². The fourth-order valence-electron chi connectivity index (χ4n) is 2.19. The Morgan fingerprint density at radius 2 is 1.54 bits per heavy atom. The number of carbonyl (C=O) groups is 1. The van der Waals surface area contributed by atoms with Gasteiger partial charge in [-0.05, 0) is 41.8 Å². The standard InChI is InChI=1S/C18H20O5S/c1-3-4-14-7-11-17(12-8-14)24(20,21)23-16-9-5-15(6-10-16)13-18(19)22-2/h5-12H,3-4,13H2,1-2H3. The summed E-state index contributed by atoms with van der Waals surface area (Å²) in [4.78, 5) is 11.3. The molecule has 0 fully saturated rings. The summed E-state index contributed by atoms with van der Waals surface area (Å²) >= 11 is 0. The van der Waals surface area contributed by atoms with Crippen molar-refractivity contribution in [2.75, 3.05) is 7.11 Å². The SMILES string of the molecule is CCCc1ccc(S(=O)(=O)Oc2ccc(CC(=O)OC)cc2)cc1. The van der Waals surface area contributed by atoms with E-state index in [0.717, 1.165) is 24.0 Å². The number of ether oxygens (including phenoxy) is 1. The average Bonchev–Trinajstić information content (AvgIpc) is 2.57. The van der Waals surface area contributed by atoms with Crippen LogP contribution in [0.4, 0.5) is 0 Å². The van der Waals surface area contributed by atoms with E-state index in [1.165, 1.54) is 19.2 Å². The van der Waals surface area contributed by atoms with Crippen molar-refractivity contribution in [2.24, 2.45) is 0 Å². The number of benzene rings is 2. The zero-order valence-corrected chi connectivity index (χ0v) is 14.5. The molecule has 0 saturated heterocycles. The lowest BCUT2D eigenvalue weighted by Crippen LogP contribution is -2.10. The molecule has 2 aromatic rings. The van der Waals surface area contributed by atoms with Gasteiger partial charge in [-0.1, -0.05) is 37.6 Å². The Balaban J connectivity index is 2.09. The van der Waals surface area contributed by atoms with E-state index < -0.39 is 10.1 Å². The molecular weight excluding hydrogens is 328 g/mol. The fourth-order valence-corrected chi connectivity index (χ4v) is 3.12. The van der Waals surface area contributed by atoms with Crippen molar-refractivity contribution in [1.29, 1.82) is 0 Å². The van der Waals surface area contributed by atoms with Crippen LogP contribution < -0.4 is 4.18 Å². The molecule has 0 bridgehead atoms. The number of esters is 1. The predicted molar refractivity (Wildman–Crippen MR) is 90.4 cm³/mol. The highest BCUT2D eigenvalue weighted by Crippen LogP contribution is 2.20. The lowest BCUT2D eigenvalue weighted by Gasteiger charge is -2.08. The molecular formula is C18H20O5S. The zero-order chi connectivity index (χ0) is 17.6. The molecule has 128 valence electrons. The highest BCUT2D eigenvalue weighted by molar-refractivity contribution is 7.87. The predicted octanol–water partition coefficient (Wildman–Crippen LogP) is 3.12. The van der Waals surface area contributed by atoms with Crippen molar-refractivity contribution in [1.82, 2.24) is 0 Å². The molecule has 6 heteroatoms. The second-order valence-corrected chi connectivity index (χ2v) is 6.87. The quantitative estimate of drug-likeness (QED) is 0.568. The monoisotopic (exact) mass is 348 g/mol. The third-order valence-electron chi connectivity index (χ3n) is 3.46. The number of aryl methyl sites for hydroxylation is 1. The van der Waals surface area contributed by atoms with Gasteiger partial charge in [-0.25, -0.2) is 0 Å². The van der Waals surface area contributed by atoms with Gasteiger partial charge in [-0.15, -0.1) is 0 Å². The summed E-state index contributed by atoms with van der Waals surface area (Å²) in [6, 6.07) is 13.0. The van der Waals surface area contributed by atoms with Crippen molar-refractivity contribution in [3.8, 4) is 5.75 Å². The van der Waals surface area contributed by atoms with Gasteiger partial charge in [0.1, 0.15) is 10.6 Å². The number of hydrogen-bond acceptors (Lipinski definition) is 5. The van der Waals surface area contributed by atoms with Crippen LogP contribution in [0.15, 0.2) is 53.4 Å². The molecule has 0 amide bonds. The van der Waals surface area contributed by atoms with Crippen molar-refractivity contribution in [2.45, 2.75) is 31.1 Å². The summed E-state index contributed by atoms with van der Waals surface area (Å²) in [6.07, 6.45) is 2.03. The minimum absolute atomic E-state index is 0.112. The van der Waals surface area contributed by atoms with Gasteiger partial charge in [0.15, 0.2) is 0 Å². The van der Waals surface area contributed by atoms with E-state index in [9.17, 15) is 13.2 Å². The van der Waals surface area contributed by atoms with E-state index in [0.29, 0.717) is 0 Å². The molecule has 5 nitrogen and oxygen atoms in total. The van der Waals surface area contributed by atoms with Gasteiger partial charge >= 0.3 is 16.1 Å².